The van der Waals surface area contributed by atoms with Crippen molar-refractivity contribution >= 4 is 16.9 Å². The van der Waals surface area contributed by atoms with Gasteiger partial charge in [0.2, 0.25) is 0 Å². The van der Waals surface area contributed by atoms with Gasteiger partial charge in [-0.2, -0.15) is 0 Å². The second kappa shape index (κ2) is 10.6. The van der Waals surface area contributed by atoms with E-state index in [0.717, 1.165) is 22.9 Å². The second-order valence-corrected chi connectivity index (χ2v) is 8.41. The molecule has 1 heterocycles. The van der Waals surface area contributed by atoms with Gasteiger partial charge in [0, 0.05) is 29.1 Å². The quantitative estimate of drug-likeness (QED) is 0.325. The summed E-state index contributed by atoms with van der Waals surface area (Å²) >= 11 is 0. The van der Waals surface area contributed by atoms with Crippen molar-refractivity contribution in [1.29, 1.82) is 0 Å². The monoisotopic (exact) mass is 463 g/mol. The van der Waals surface area contributed by atoms with E-state index in [0.29, 0.717) is 17.5 Å². The van der Waals surface area contributed by atoms with Gasteiger partial charge in [-0.1, -0.05) is 49.7 Å². The Morgan fingerprint density at radius 1 is 1.03 bits per heavy atom. The number of fused-ring (bicyclic) bond motifs is 1. The molecule has 4 nitrogen and oxygen atoms in total. The molecule has 6 heteroatoms. The van der Waals surface area contributed by atoms with Gasteiger partial charge in [0.15, 0.2) is 0 Å². The van der Waals surface area contributed by atoms with Crippen LogP contribution in [-0.4, -0.2) is 28.4 Å². The predicted octanol–water partition coefficient (Wildman–Crippen LogP) is 5.68. The van der Waals surface area contributed by atoms with Gasteiger partial charge in [0.1, 0.15) is 18.2 Å². The maximum absolute atomic E-state index is 14.7. The third kappa shape index (κ3) is 5.34. The van der Waals surface area contributed by atoms with Crippen LogP contribution in [0.5, 0.6) is 0 Å². The van der Waals surface area contributed by atoms with Gasteiger partial charge in [0.05, 0.1) is 18.2 Å². The highest BCUT2D eigenvalue weighted by Gasteiger charge is 2.17. The third-order valence-corrected chi connectivity index (χ3v) is 5.81. The average Bonchev–Trinajstić information content (AvgIpc) is 3.18. The van der Waals surface area contributed by atoms with E-state index in [-0.39, 0.29) is 25.1 Å². The van der Waals surface area contributed by atoms with Crippen LogP contribution in [0.15, 0.2) is 72.9 Å². The molecule has 0 aliphatic heterocycles. The lowest BCUT2D eigenvalue weighted by Gasteiger charge is -2.11. The topological polar surface area (TPSA) is 51.5 Å². The van der Waals surface area contributed by atoms with Crippen molar-refractivity contribution in [2.24, 2.45) is 0 Å². The third-order valence-electron chi connectivity index (χ3n) is 5.81. The van der Waals surface area contributed by atoms with E-state index in [1.165, 1.54) is 12.1 Å². The Morgan fingerprint density at radius 2 is 1.71 bits per heavy atom. The average molecular weight is 464 g/mol. The van der Waals surface area contributed by atoms with Crippen molar-refractivity contribution in [2.45, 2.75) is 38.8 Å². The number of aromatic nitrogens is 1. The Labute approximate surface area is 197 Å². The number of para-hydroxylation sites is 1. The summed E-state index contributed by atoms with van der Waals surface area (Å²) in [6, 6.07) is 18.9. The molecule has 0 amide bonds. The molecule has 4 rings (SSSR count). The Bertz CT molecular complexity index is 1260. The molecule has 34 heavy (non-hydrogen) atoms. The fourth-order valence-electron chi connectivity index (χ4n) is 4.17. The highest BCUT2D eigenvalue weighted by atomic mass is 19.1. The molecule has 176 valence electrons. The van der Waals surface area contributed by atoms with Crippen LogP contribution in [0.1, 0.15) is 40.4 Å². The molecule has 0 saturated carbocycles. The molecule has 0 aliphatic carbocycles. The van der Waals surface area contributed by atoms with E-state index in [2.05, 4.69) is 0 Å². The molecule has 0 aliphatic rings. The maximum Gasteiger partial charge on any atom is 0.338 e. The van der Waals surface area contributed by atoms with Gasteiger partial charge in [-0.15, -0.1) is 0 Å². The van der Waals surface area contributed by atoms with E-state index in [1.807, 2.05) is 31.2 Å². The summed E-state index contributed by atoms with van der Waals surface area (Å²) in [5, 5.41) is 11.4. The van der Waals surface area contributed by atoms with Crippen LogP contribution >= 0.6 is 0 Å². The first-order chi connectivity index (χ1) is 16.5. The zero-order valence-electron chi connectivity index (χ0n) is 19.0. The zero-order valence-corrected chi connectivity index (χ0v) is 19.0. The van der Waals surface area contributed by atoms with Gasteiger partial charge < -0.3 is 14.4 Å². The number of aryl methyl sites for hydroxylation is 1. The summed E-state index contributed by atoms with van der Waals surface area (Å²) in [5.74, 6) is -1.62. The molecular formula is C28H27F2NO3. The SMILES string of the molecule is CCCc1cc(F)c(Cn2cc(CC(O)COC(=O)c3ccccc3)c3ccccc32)c(F)c1. The van der Waals surface area contributed by atoms with Crippen LogP contribution in [0, 0.1) is 11.6 Å². The molecule has 3 aromatic carbocycles. The van der Waals surface area contributed by atoms with Crippen LogP contribution in [0.4, 0.5) is 8.78 Å². The molecule has 4 aromatic rings. The minimum absolute atomic E-state index is 0.00416. The minimum atomic E-state index is -0.922. The normalized spacial score (nSPS) is 12.1. The standard InChI is InChI=1S/C28H27F2NO3/c1-2-8-19-13-25(29)24(26(30)14-19)17-31-16-21(23-11-6-7-12-27(23)31)15-22(32)18-34-28(33)20-9-4-3-5-10-20/h3-7,9-14,16,22,32H,2,8,15,17-18H2,1H3. The summed E-state index contributed by atoms with van der Waals surface area (Å²) < 4.78 is 36.5. The van der Waals surface area contributed by atoms with Crippen LogP contribution in [0.3, 0.4) is 0 Å². The number of nitrogens with zero attached hydrogens (tertiary/aromatic N) is 1. The molecule has 1 atom stereocenters. The molecule has 0 saturated heterocycles. The summed E-state index contributed by atoms with van der Waals surface area (Å²) in [5.41, 5.74) is 2.68. The number of aliphatic hydroxyl groups is 1. The number of esters is 1. The fraction of sp³-hybridized carbons (Fsp3) is 0.250. The van der Waals surface area contributed by atoms with Crippen molar-refractivity contribution < 1.29 is 23.4 Å². The lowest BCUT2D eigenvalue weighted by atomic mass is 10.1. The highest BCUT2D eigenvalue weighted by molar-refractivity contribution is 5.89. The largest absolute Gasteiger partial charge is 0.459 e. The van der Waals surface area contributed by atoms with Crippen molar-refractivity contribution in [1.82, 2.24) is 4.57 Å². The highest BCUT2D eigenvalue weighted by Crippen LogP contribution is 2.26. The smallest absolute Gasteiger partial charge is 0.338 e. The van der Waals surface area contributed by atoms with E-state index in [9.17, 15) is 18.7 Å². The number of aliphatic hydroxyl groups excluding tert-OH is 1. The number of hydrogen-bond donors (Lipinski definition) is 1. The summed E-state index contributed by atoms with van der Waals surface area (Å²) in [6.07, 6.45) is 2.54. The first-order valence-electron chi connectivity index (χ1n) is 11.4. The van der Waals surface area contributed by atoms with Crippen LogP contribution in [-0.2, 0) is 24.1 Å². The lowest BCUT2D eigenvalue weighted by molar-refractivity contribution is 0.0259. The van der Waals surface area contributed by atoms with Gasteiger partial charge in [-0.25, -0.2) is 13.6 Å². The van der Waals surface area contributed by atoms with Gasteiger partial charge in [0.25, 0.3) is 0 Å². The maximum atomic E-state index is 14.7. The number of rotatable bonds is 9. The van der Waals surface area contributed by atoms with E-state index < -0.39 is 23.7 Å². The Balaban J connectivity index is 1.51. The van der Waals surface area contributed by atoms with Gasteiger partial charge in [-0.3, -0.25) is 0 Å². The van der Waals surface area contributed by atoms with Gasteiger partial charge >= 0.3 is 5.97 Å². The van der Waals surface area contributed by atoms with Crippen LogP contribution in [0.2, 0.25) is 0 Å². The van der Waals surface area contributed by atoms with Gasteiger partial charge in [-0.05, 0) is 47.9 Å². The number of benzene rings is 3. The molecule has 0 radical (unpaired) electrons. The van der Waals surface area contributed by atoms with Crippen molar-refractivity contribution in [3.63, 3.8) is 0 Å². The summed E-state index contributed by atoms with van der Waals surface area (Å²) in [6.45, 7) is 1.84. The summed E-state index contributed by atoms with van der Waals surface area (Å²) in [4.78, 5) is 12.1. The Morgan fingerprint density at radius 3 is 2.41 bits per heavy atom. The number of hydrogen-bond acceptors (Lipinski definition) is 3. The van der Waals surface area contributed by atoms with Crippen molar-refractivity contribution in [2.75, 3.05) is 6.61 Å². The number of halogens is 2. The predicted molar refractivity (Wildman–Crippen MR) is 128 cm³/mol. The molecule has 0 fully saturated rings. The Kier molecular flexibility index (Phi) is 7.38. The second-order valence-electron chi connectivity index (χ2n) is 8.41. The molecule has 0 spiro atoms. The number of carbonyl (C=O) groups excluding carboxylic acids is 1. The molecular weight excluding hydrogens is 436 g/mol. The van der Waals surface area contributed by atoms with E-state index in [4.69, 9.17) is 4.74 Å². The molecule has 0 bridgehead atoms. The van der Waals surface area contributed by atoms with E-state index in [1.54, 1.807) is 41.1 Å². The number of carbonyl (C=O) groups is 1. The molecule has 1 aromatic heterocycles. The molecule has 1 N–H and O–H groups in total. The first-order valence-corrected chi connectivity index (χ1v) is 11.4. The number of ether oxygens (including phenoxy) is 1. The lowest BCUT2D eigenvalue weighted by Crippen LogP contribution is -2.21. The minimum Gasteiger partial charge on any atom is -0.459 e. The van der Waals surface area contributed by atoms with Crippen molar-refractivity contribution in [3.8, 4) is 0 Å². The van der Waals surface area contributed by atoms with Crippen LogP contribution in [0.25, 0.3) is 10.9 Å². The molecule has 1 unspecified atom stereocenters. The first kappa shape index (κ1) is 23.6. The fourth-order valence-corrected chi connectivity index (χ4v) is 4.17. The summed E-state index contributed by atoms with van der Waals surface area (Å²) in [7, 11) is 0. The van der Waals surface area contributed by atoms with Crippen molar-refractivity contribution in [3.05, 3.63) is 107 Å². The Hall–Kier alpha value is -3.51. The zero-order chi connectivity index (χ0) is 24.1. The van der Waals surface area contributed by atoms with Crippen LogP contribution < -0.4 is 0 Å². The van der Waals surface area contributed by atoms with E-state index >= 15 is 0 Å².